The van der Waals surface area contributed by atoms with Crippen LogP contribution < -0.4 is 9.64 Å². The van der Waals surface area contributed by atoms with Crippen molar-refractivity contribution in [3.05, 3.63) is 41.4 Å². The fourth-order valence-electron chi connectivity index (χ4n) is 1.89. The van der Waals surface area contributed by atoms with Crippen LogP contribution in [0.4, 0.5) is 5.13 Å². The van der Waals surface area contributed by atoms with Gasteiger partial charge in [-0.15, -0.1) is 11.3 Å². The van der Waals surface area contributed by atoms with E-state index >= 15 is 0 Å². The molecule has 0 saturated carbocycles. The highest BCUT2D eigenvalue weighted by atomic mass is 32.1. The van der Waals surface area contributed by atoms with Crippen molar-refractivity contribution in [2.75, 3.05) is 39.2 Å². The van der Waals surface area contributed by atoms with Crippen LogP contribution in [0, 0.1) is 0 Å². The molecule has 0 atom stereocenters. The maximum Gasteiger partial charge on any atom is 0.185 e. The number of anilines is 1. The minimum Gasteiger partial charge on any atom is -0.497 e. The number of hydrogen-bond donors (Lipinski definition) is 0. The number of nitrogens with zero attached hydrogens (tertiary/aromatic N) is 3. The van der Waals surface area contributed by atoms with Gasteiger partial charge in [-0.2, -0.15) is 0 Å². The molecule has 0 amide bonds. The van der Waals surface area contributed by atoms with Gasteiger partial charge in [0.05, 0.1) is 7.11 Å². The third kappa shape index (κ3) is 4.21. The summed E-state index contributed by atoms with van der Waals surface area (Å²) in [4.78, 5) is 8.93. The number of aromatic nitrogens is 1. The van der Waals surface area contributed by atoms with E-state index in [4.69, 9.17) is 4.74 Å². The summed E-state index contributed by atoms with van der Waals surface area (Å²) >= 11 is 1.68. The highest BCUT2D eigenvalue weighted by Gasteiger charge is 2.10. The third-order valence-electron chi connectivity index (χ3n) is 3.04. The summed E-state index contributed by atoms with van der Waals surface area (Å²) in [5.74, 6) is 0.892. The van der Waals surface area contributed by atoms with E-state index < -0.39 is 0 Å². The number of rotatable bonds is 7. The van der Waals surface area contributed by atoms with Gasteiger partial charge in [-0.3, -0.25) is 0 Å². The van der Waals surface area contributed by atoms with E-state index in [2.05, 4.69) is 41.0 Å². The summed E-state index contributed by atoms with van der Waals surface area (Å²) in [6.07, 6.45) is 1.86. The number of thiazole rings is 1. The molecule has 2 aromatic rings. The van der Waals surface area contributed by atoms with Crippen LogP contribution in [0.2, 0.25) is 0 Å². The molecule has 0 aliphatic carbocycles. The fraction of sp³-hybridized carbons (Fsp3) is 0.400. The topological polar surface area (TPSA) is 28.6 Å². The van der Waals surface area contributed by atoms with Crippen molar-refractivity contribution in [3.8, 4) is 5.75 Å². The molecular weight excluding hydrogens is 270 g/mol. The molecule has 0 unspecified atom stereocenters. The second kappa shape index (κ2) is 7.26. The van der Waals surface area contributed by atoms with Crippen molar-refractivity contribution in [2.45, 2.75) is 6.54 Å². The standard InChI is InChI=1S/C15H21N3OS/c1-17(2)9-10-18(15-16-8-11-20-15)12-13-4-6-14(19-3)7-5-13/h4-8,11H,9-10,12H2,1-3H3. The molecule has 4 nitrogen and oxygen atoms in total. The van der Waals surface area contributed by atoms with E-state index in [0.29, 0.717) is 0 Å². The summed E-state index contributed by atoms with van der Waals surface area (Å²) < 4.78 is 5.19. The Bertz CT molecular complexity index is 496. The normalized spacial score (nSPS) is 10.8. The molecule has 0 aliphatic heterocycles. The Morgan fingerprint density at radius 2 is 1.90 bits per heavy atom. The number of methoxy groups -OCH3 is 1. The average molecular weight is 291 g/mol. The first-order chi connectivity index (χ1) is 9.69. The molecule has 1 aromatic carbocycles. The molecule has 20 heavy (non-hydrogen) atoms. The van der Waals surface area contributed by atoms with Gasteiger partial charge >= 0.3 is 0 Å². The SMILES string of the molecule is COc1ccc(CN(CCN(C)C)c2nccs2)cc1. The van der Waals surface area contributed by atoms with Crippen LogP contribution in [0.15, 0.2) is 35.8 Å². The van der Waals surface area contributed by atoms with Crippen molar-refractivity contribution in [2.24, 2.45) is 0 Å². The quantitative estimate of drug-likeness (QED) is 0.784. The highest BCUT2D eigenvalue weighted by Crippen LogP contribution is 2.20. The molecule has 0 aliphatic rings. The zero-order valence-corrected chi connectivity index (χ0v) is 13.1. The lowest BCUT2D eigenvalue weighted by Gasteiger charge is -2.23. The molecule has 0 spiro atoms. The molecule has 2 rings (SSSR count). The minimum absolute atomic E-state index is 0.866. The molecule has 0 radical (unpaired) electrons. The molecule has 0 N–H and O–H groups in total. The van der Waals surface area contributed by atoms with Gasteiger partial charge in [0.15, 0.2) is 5.13 Å². The van der Waals surface area contributed by atoms with Crippen LogP contribution >= 0.6 is 11.3 Å². The van der Waals surface area contributed by atoms with E-state index in [0.717, 1.165) is 30.5 Å². The first-order valence-electron chi connectivity index (χ1n) is 6.61. The largest absolute Gasteiger partial charge is 0.497 e. The molecule has 1 aromatic heterocycles. The Balaban J connectivity index is 2.06. The number of benzene rings is 1. The van der Waals surface area contributed by atoms with Crippen molar-refractivity contribution in [1.82, 2.24) is 9.88 Å². The van der Waals surface area contributed by atoms with Crippen LogP contribution in [0.5, 0.6) is 5.75 Å². The zero-order valence-electron chi connectivity index (χ0n) is 12.2. The van der Waals surface area contributed by atoms with Crippen LogP contribution in [0.25, 0.3) is 0 Å². The van der Waals surface area contributed by atoms with Gasteiger partial charge < -0.3 is 14.5 Å². The maximum absolute atomic E-state index is 5.19. The van der Waals surface area contributed by atoms with E-state index in [9.17, 15) is 0 Å². The molecule has 108 valence electrons. The predicted octanol–water partition coefficient (Wildman–Crippen LogP) is 2.72. The van der Waals surface area contributed by atoms with E-state index in [1.807, 2.05) is 23.7 Å². The summed E-state index contributed by atoms with van der Waals surface area (Å²) in [6.45, 7) is 2.84. The Kier molecular flexibility index (Phi) is 5.38. The first-order valence-corrected chi connectivity index (χ1v) is 7.49. The monoisotopic (exact) mass is 291 g/mol. The van der Waals surface area contributed by atoms with Crippen molar-refractivity contribution < 1.29 is 4.74 Å². The molecule has 0 fully saturated rings. The van der Waals surface area contributed by atoms with Crippen molar-refractivity contribution in [3.63, 3.8) is 0 Å². The van der Waals surface area contributed by atoms with Crippen LogP contribution in [0.3, 0.4) is 0 Å². The van der Waals surface area contributed by atoms with Crippen LogP contribution in [0.1, 0.15) is 5.56 Å². The summed E-state index contributed by atoms with van der Waals surface area (Å²) in [5.41, 5.74) is 1.26. The van der Waals surface area contributed by atoms with Crippen LogP contribution in [-0.4, -0.2) is 44.2 Å². The number of ether oxygens (including phenoxy) is 1. The lowest BCUT2D eigenvalue weighted by atomic mass is 10.2. The minimum atomic E-state index is 0.866. The van der Waals surface area contributed by atoms with E-state index in [1.54, 1.807) is 18.4 Å². The molecule has 5 heteroatoms. The Morgan fingerprint density at radius 3 is 2.45 bits per heavy atom. The summed E-state index contributed by atoms with van der Waals surface area (Å²) in [7, 11) is 5.87. The molecular formula is C15H21N3OS. The van der Waals surface area contributed by atoms with E-state index in [1.165, 1.54) is 5.56 Å². The summed E-state index contributed by atoms with van der Waals surface area (Å²) in [5, 5.41) is 3.09. The smallest absolute Gasteiger partial charge is 0.185 e. The Morgan fingerprint density at radius 1 is 1.15 bits per heavy atom. The van der Waals surface area contributed by atoms with Gasteiger partial charge in [0.2, 0.25) is 0 Å². The number of hydrogen-bond acceptors (Lipinski definition) is 5. The average Bonchev–Trinajstić information content (AvgIpc) is 2.98. The van der Waals surface area contributed by atoms with Gasteiger partial charge in [0.25, 0.3) is 0 Å². The van der Waals surface area contributed by atoms with E-state index in [-0.39, 0.29) is 0 Å². The maximum atomic E-state index is 5.19. The van der Waals surface area contributed by atoms with Gasteiger partial charge in [0, 0.05) is 31.2 Å². The Hall–Kier alpha value is -1.59. The van der Waals surface area contributed by atoms with Gasteiger partial charge in [0.1, 0.15) is 5.75 Å². The molecule has 0 bridgehead atoms. The molecule has 0 saturated heterocycles. The zero-order chi connectivity index (χ0) is 14.4. The predicted molar refractivity (Wildman–Crippen MR) is 84.7 cm³/mol. The summed E-state index contributed by atoms with van der Waals surface area (Å²) in [6, 6.07) is 8.22. The lowest BCUT2D eigenvalue weighted by Crippen LogP contribution is -2.31. The van der Waals surface area contributed by atoms with Gasteiger partial charge in [-0.25, -0.2) is 4.98 Å². The first kappa shape index (κ1) is 14.8. The lowest BCUT2D eigenvalue weighted by molar-refractivity contribution is 0.412. The number of likely N-dealkylation sites (N-methyl/N-ethyl adjacent to an activating group) is 1. The van der Waals surface area contributed by atoms with Crippen molar-refractivity contribution in [1.29, 1.82) is 0 Å². The highest BCUT2D eigenvalue weighted by molar-refractivity contribution is 7.13. The van der Waals surface area contributed by atoms with Crippen molar-refractivity contribution >= 4 is 16.5 Å². The van der Waals surface area contributed by atoms with Gasteiger partial charge in [-0.05, 0) is 31.8 Å². The second-order valence-corrected chi connectivity index (χ2v) is 5.76. The third-order valence-corrected chi connectivity index (χ3v) is 3.87. The van der Waals surface area contributed by atoms with Gasteiger partial charge in [-0.1, -0.05) is 12.1 Å². The fourth-order valence-corrected chi connectivity index (χ4v) is 2.56. The molecule has 1 heterocycles. The van der Waals surface area contributed by atoms with Crippen LogP contribution in [-0.2, 0) is 6.54 Å². The Labute approximate surface area is 124 Å². The second-order valence-electron chi connectivity index (χ2n) is 4.89.